The van der Waals surface area contributed by atoms with Gasteiger partial charge in [0, 0.05) is 12.1 Å². The molecule has 0 saturated heterocycles. The van der Waals surface area contributed by atoms with Crippen molar-refractivity contribution in [2.75, 3.05) is 13.1 Å². The molecular weight excluding hydrogens is 220 g/mol. The average molecular weight is 236 g/mol. The van der Waals surface area contributed by atoms with Gasteiger partial charge in [-0.3, -0.25) is 9.59 Å². The molecule has 92 valence electrons. The summed E-state index contributed by atoms with van der Waals surface area (Å²) in [5.41, 5.74) is 0.510. The molecule has 0 spiro atoms. The molecule has 0 aromatic heterocycles. The molecule has 0 radical (unpaired) electrons. The molecule has 1 aromatic rings. The zero-order valence-electron chi connectivity index (χ0n) is 9.64. The summed E-state index contributed by atoms with van der Waals surface area (Å²) in [6.45, 7) is 1.66. The van der Waals surface area contributed by atoms with Crippen LogP contribution in [0.15, 0.2) is 30.3 Å². The molecule has 0 fully saturated rings. The molecule has 0 aliphatic carbocycles. The van der Waals surface area contributed by atoms with Crippen molar-refractivity contribution in [2.45, 2.75) is 13.0 Å². The highest BCUT2D eigenvalue weighted by Crippen LogP contribution is 1.97. The van der Waals surface area contributed by atoms with Gasteiger partial charge in [0.05, 0.1) is 12.6 Å². The molecule has 5 nitrogen and oxygen atoms in total. The number of carbonyl (C=O) groups is 2. The van der Waals surface area contributed by atoms with Crippen LogP contribution in [0, 0.1) is 0 Å². The van der Waals surface area contributed by atoms with Crippen molar-refractivity contribution in [3.8, 4) is 0 Å². The van der Waals surface area contributed by atoms with E-state index in [4.69, 9.17) is 5.11 Å². The molecule has 0 saturated carbocycles. The Morgan fingerprint density at radius 3 is 2.47 bits per heavy atom. The highest BCUT2D eigenvalue weighted by molar-refractivity contribution is 5.96. The van der Waals surface area contributed by atoms with E-state index in [1.165, 1.54) is 0 Å². The third-order valence-electron chi connectivity index (χ3n) is 2.04. The Labute approximate surface area is 99.8 Å². The first-order chi connectivity index (χ1) is 8.09. The van der Waals surface area contributed by atoms with Gasteiger partial charge in [-0.25, -0.2) is 0 Å². The molecule has 0 aliphatic heterocycles. The van der Waals surface area contributed by atoms with Gasteiger partial charge >= 0.3 is 0 Å². The maximum absolute atomic E-state index is 11.5. The zero-order valence-corrected chi connectivity index (χ0v) is 9.64. The highest BCUT2D eigenvalue weighted by atomic mass is 16.3. The summed E-state index contributed by atoms with van der Waals surface area (Å²) in [5, 5.41) is 13.9. The summed E-state index contributed by atoms with van der Waals surface area (Å²) in [6.07, 6.45) is -0.594. The molecule has 5 heteroatoms. The van der Waals surface area contributed by atoms with E-state index in [-0.39, 0.29) is 24.9 Å². The van der Waals surface area contributed by atoms with Gasteiger partial charge < -0.3 is 15.7 Å². The van der Waals surface area contributed by atoms with E-state index >= 15 is 0 Å². The van der Waals surface area contributed by atoms with Gasteiger partial charge in [-0.15, -0.1) is 0 Å². The average Bonchev–Trinajstić information content (AvgIpc) is 2.34. The molecule has 0 aliphatic rings. The Bertz CT molecular complexity index is 377. The van der Waals surface area contributed by atoms with Crippen LogP contribution in [0.2, 0.25) is 0 Å². The van der Waals surface area contributed by atoms with Crippen molar-refractivity contribution < 1.29 is 14.7 Å². The topological polar surface area (TPSA) is 78.4 Å². The summed E-state index contributed by atoms with van der Waals surface area (Å²) in [6, 6.07) is 8.66. The lowest BCUT2D eigenvalue weighted by molar-refractivity contribution is -0.120. The minimum absolute atomic E-state index is 0.0968. The summed E-state index contributed by atoms with van der Waals surface area (Å²) >= 11 is 0. The van der Waals surface area contributed by atoms with Crippen LogP contribution in [0.25, 0.3) is 0 Å². The van der Waals surface area contributed by atoms with Gasteiger partial charge in [-0.1, -0.05) is 18.2 Å². The maximum atomic E-state index is 11.5. The largest absolute Gasteiger partial charge is 0.392 e. The standard InChI is InChI=1S/C12H16N2O3/c1-9(15)7-13-11(16)8-14-12(17)10-5-3-2-4-6-10/h2-6,9,15H,7-8H2,1H3,(H,13,16)(H,14,17)/t9-/m1/s1. The number of aliphatic hydroxyl groups is 1. The fourth-order valence-electron chi connectivity index (χ4n) is 1.18. The van der Waals surface area contributed by atoms with Gasteiger partial charge in [0.15, 0.2) is 0 Å². The van der Waals surface area contributed by atoms with Crippen molar-refractivity contribution in [1.29, 1.82) is 0 Å². The predicted octanol–water partition coefficient (Wildman–Crippen LogP) is -0.0866. The number of benzene rings is 1. The number of amides is 2. The molecule has 17 heavy (non-hydrogen) atoms. The van der Waals surface area contributed by atoms with E-state index in [0.717, 1.165) is 0 Å². The third-order valence-corrected chi connectivity index (χ3v) is 2.04. The second-order valence-electron chi connectivity index (χ2n) is 3.70. The van der Waals surface area contributed by atoms with Gasteiger partial charge in [0.2, 0.25) is 5.91 Å². The van der Waals surface area contributed by atoms with E-state index in [0.29, 0.717) is 5.56 Å². The summed E-state index contributed by atoms with van der Waals surface area (Å²) in [4.78, 5) is 22.8. The normalized spacial score (nSPS) is 11.6. The molecule has 1 rings (SSSR count). The van der Waals surface area contributed by atoms with E-state index in [1.54, 1.807) is 31.2 Å². The fourth-order valence-corrected chi connectivity index (χ4v) is 1.18. The Balaban J connectivity index is 2.31. The summed E-state index contributed by atoms with van der Waals surface area (Å²) < 4.78 is 0. The van der Waals surface area contributed by atoms with Crippen LogP contribution in [0.4, 0.5) is 0 Å². The number of rotatable bonds is 5. The monoisotopic (exact) mass is 236 g/mol. The molecule has 0 heterocycles. The van der Waals surface area contributed by atoms with Crippen molar-refractivity contribution in [3.05, 3.63) is 35.9 Å². The predicted molar refractivity (Wildman–Crippen MR) is 63.5 cm³/mol. The van der Waals surface area contributed by atoms with E-state index in [9.17, 15) is 9.59 Å². The number of carbonyl (C=O) groups excluding carboxylic acids is 2. The SMILES string of the molecule is C[C@@H](O)CNC(=O)CNC(=O)c1ccccc1. The van der Waals surface area contributed by atoms with Crippen LogP contribution in [-0.4, -0.2) is 36.1 Å². The molecule has 1 aromatic carbocycles. The first-order valence-corrected chi connectivity index (χ1v) is 5.37. The first-order valence-electron chi connectivity index (χ1n) is 5.37. The van der Waals surface area contributed by atoms with E-state index < -0.39 is 6.10 Å². The highest BCUT2D eigenvalue weighted by Gasteiger charge is 2.07. The molecule has 3 N–H and O–H groups in total. The van der Waals surface area contributed by atoms with Crippen LogP contribution >= 0.6 is 0 Å². The van der Waals surface area contributed by atoms with Crippen LogP contribution in [0.5, 0.6) is 0 Å². The second-order valence-corrected chi connectivity index (χ2v) is 3.70. The molecular formula is C12H16N2O3. The van der Waals surface area contributed by atoms with Crippen molar-refractivity contribution >= 4 is 11.8 Å². The third kappa shape index (κ3) is 5.12. The lowest BCUT2D eigenvalue weighted by Crippen LogP contribution is -2.39. The number of hydrogen-bond donors (Lipinski definition) is 3. The zero-order chi connectivity index (χ0) is 12.7. The second kappa shape index (κ2) is 6.65. The first kappa shape index (κ1) is 13.2. The fraction of sp³-hybridized carbons (Fsp3) is 0.333. The number of nitrogens with one attached hydrogen (secondary N) is 2. The van der Waals surface area contributed by atoms with Crippen LogP contribution in [0.3, 0.4) is 0 Å². The summed E-state index contributed by atoms with van der Waals surface area (Å²) in [7, 11) is 0. The van der Waals surface area contributed by atoms with Gasteiger partial charge in [-0.2, -0.15) is 0 Å². The van der Waals surface area contributed by atoms with Crippen molar-refractivity contribution in [3.63, 3.8) is 0 Å². The number of aliphatic hydroxyl groups excluding tert-OH is 1. The quantitative estimate of drug-likeness (QED) is 0.668. The van der Waals surface area contributed by atoms with Crippen LogP contribution in [0.1, 0.15) is 17.3 Å². The lowest BCUT2D eigenvalue weighted by Gasteiger charge is -2.08. The van der Waals surface area contributed by atoms with Crippen molar-refractivity contribution in [2.24, 2.45) is 0 Å². The van der Waals surface area contributed by atoms with E-state index in [1.807, 2.05) is 6.07 Å². The Morgan fingerprint density at radius 1 is 1.24 bits per heavy atom. The number of hydrogen-bond acceptors (Lipinski definition) is 3. The minimum atomic E-state index is -0.594. The van der Waals surface area contributed by atoms with Crippen molar-refractivity contribution in [1.82, 2.24) is 10.6 Å². The maximum Gasteiger partial charge on any atom is 0.251 e. The Hall–Kier alpha value is -1.88. The van der Waals surface area contributed by atoms with Gasteiger partial charge in [-0.05, 0) is 19.1 Å². The van der Waals surface area contributed by atoms with Gasteiger partial charge in [0.1, 0.15) is 0 Å². The van der Waals surface area contributed by atoms with Gasteiger partial charge in [0.25, 0.3) is 5.91 Å². The smallest absolute Gasteiger partial charge is 0.251 e. The molecule has 1 atom stereocenters. The molecule has 0 bridgehead atoms. The summed E-state index contributed by atoms with van der Waals surface area (Å²) in [5.74, 6) is -0.618. The molecule has 0 unspecified atom stereocenters. The Kier molecular flexibility index (Phi) is 5.16. The van der Waals surface area contributed by atoms with E-state index in [2.05, 4.69) is 10.6 Å². The minimum Gasteiger partial charge on any atom is -0.392 e. The lowest BCUT2D eigenvalue weighted by atomic mass is 10.2. The van der Waals surface area contributed by atoms with Crippen LogP contribution in [-0.2, 0) is 4.79 Å². The molecule has 2 amide bonds. The van der Waals surface area contributed by atoms with Crippen LogP contribution < -0.4 is 10.6 Å². The Morgan fingerprint density at radius 2 is 1.88 bits per heavy atom.